The molecule has 0 aromatic carbocycles. The van der Waals surface area contributed by atoms with Crippen LogP contribution in [0.3, 0.4) is 0 Å². The van der Waals surface area contributed by atoms with Gasteiger partial charge in [-0.2, -0.15) is 0 Å². The Balaban J connectivity index is 5.29. The summed E-state index contributed by atoms with van der Waals surface area (Å²) in [7, 11) is -9.92. The first-order chi connectivity index (χ1) is 45.0. The van der Waals surface area contributed by atoms with Crippen molar-refractivity contribution < 1.29 is 80.2 Å². The highest BCUT2D eigenvalue weighted by atomic mass is 31.2. The van der Waals surface area contributed by atoms with Crippen molar-refractivity contribution in [1.82, 2.24) is 0 Å². The van der Waals surface area contributed by atoms with Gasteiger partial charge in [0.1, 0.15) is 19.3 Å². The van der Waals surface area contributed by atoms with Gasteiger partial charge in [-0.25, -0.2) is 9.13 Å². The molecule has 0 saturated heterocycles. The quantitative estimate of drug-likeness (QED) is 0.0169. The van der Waals surface area contributed by atoms with Crippen LogP contribution in [0.2, 0.25) is 0 Å². The molecule has 0 bridgehead atoms. The lowest BCUT2D eigenvalue weighted by Gasteiger charge is -2.21. The second kappa shape index (κ2) is 66.8. The molecule has 0 aliphatic heterocycles. The van der Waals surface area contributed by atoms with Gasteiger partial charge in [0.05, 0.1) is 26.4 Å². The maximum atomic E-state index is 13.1. The molecule has 0 aliphatic carbocycles. The minimum atomic E-state index is -4.96. The number of phosphoric acid groups is 2. The number of carbonyl (C=O) groups excluding carboxylic acids is 4. The van der Waals surface area contributed by atoms with E-state index >= 15 is 0 Å². The zero-order chi connectivity index (χ0) is 68.4. The molecule has 0 saturated carbocycles. The van der Waals surface area contributed by atoms with E-state index < -0.39 is 97.5 Å². The summed E-state index contributed by atoms with van der Waals surface area (Å²) in [6.45, 7) is 7.21. The Morgan fingerprint density at radius 3 is 0.882 bits per heavy atom. The van der Waals surface area contributed by atoms with Crippen LogP contribution in [0, 0.1) is 5.92 Å². The molecule has 2 unspecified atom stereocenters. The Kier molecular flexibility index (Phi) is 65.0. The standard InChI is InChI=1S/C74H140O17P2/c1-6-9-12-15-18-21-24-26-28-30-34-40-45-50-55-60-74(79)91-70(64-85-72(77)58-53-48-43-38-35-31-32-36-41-46-51-56-67(4)5)66-89-93(82,83)87-62-68(75)61-86-92(80,81)88-65-69(63-84-71(76)57-52-47-42-37-23-20-17-14-11-8-3)90-73(78)59-54-49-44-39-33-29-27-25-22-19-16-13-10-7-2/h21,24,26,28,67-70,75H,6-20,22-23,25,27,29-66H2,1-5H3,(H,80,81)(H,82,83)/b24-21-,28-26-/t68-,69+,70+/m0/s1. The van der Waals surface area contributed by atoms with E-state index in [1.165, 1.54) is 173 Å². The molecule has 0 rings (SSSR count). The SMILES string of the molecule is CCCCCC/C=C\C=C/CCCCCCCC(=O)O[C@H](COC(=O)CCCCCCCCCCCCCC(C)C)COP(=O)(O)OC[C@@H](O)COP(=O)(O)OC[C@@H](COC(=O)CCCCCCCCCCCC)OC(=O)CCCCCCCCCCCCCCCC. The summed E-state index contributed by atoms with van der Waals surface area (Å²) < 4.78 is 68.4. The molecule has 0 aromatic heterocycles. The van der Waals surface area contributed by atoms with E-state index in [-0.39, 0.29) is 25.7 Å². The number of allylic oxidation sites excluding steroid dienone is 4. The van der Waals surface area contributed by atoms with Crippen LogP contribution in [0.25, 0.3) is 0 Å². The third kappa shape index (κ3) is 67.9. The van der Waals surface area contributed by atoms with Gasteiger partial charge in [0.25, 0.3) is 0 Å². The number of ether oxygens (including phenoxy) is 4. The van der Waals surface area contributed by atoms with Gasteiger partial charge in [0.15, 0.2) is 12.2 Å². The minimum Gasteiger partial charge on any atom is -0.462 e. The molecule has 5 atom stereocenters. The van der Waals surface area contributed by atoms with E-state index in [0.717, 1.165) is 109 Å². The van der Waals surface area contributed by atoms with Crippen LogP contribution in [0.5, 0.6) is 0 Å². The van der Waals surface area contributed by atoms with Crippen molar-refractivity contribution in [3.8, 4) is 0 Å². The molecule has 19 heteroatoms. The molecule has 0 aromatic rings. The Labute approximate surface area is 567 Å². The highest BCUT2D eigenvalue weighted by molar-refractivity contribution is 7.47. The van der Waals surface area contributed by atoms with Crippen LogP contribution in [0.15, 0.2) is 24.3 Å². The number of hydrogen-bond acceptors (Lipinski definition) is 15. The highest BCUT2D eigenvalue weighted by Crippen LogP contribution is 2.45. The Morgan fingerprint density at radius 2 is 0.581 bits per heavy atom. The van der Waals surface area contributed by atoms with Crippen LogP contribution in [0.1, 0.15) is 362 Å². The zero-order valence-electron chi connectivity index (χ0n) is 59.9. The van der Waals surface area contributed by atoms with Crippen LogP contribution < -0.4 is 0 Å². The van der Waals surface area contributed by atoms with E-state index in [0.29, 0.717) is 25.7 Å². The molecule has 93 heavy (non-hydrogen) atoms. The molecule has 0 aliphatic rings. The molecule has 17 nitrogen and oxygen atoms in total. The van der Waals surface area contributed by atoms with Crippen molar-refractivity contribution in [1.29, 1.82) is 0 Å². The number of phosphoric ester groups is 2. The fourth-order valence-electron chi connectivity index (χ4n) is 10.8. The largest absolute Gasteiger partial charge is 0.472 e. The Hall–Kier alpha value is -2.46. The first-order valence-electron chi connectivity index (χ1n) is 38.0. The number of rotatable bonds is 72. The van der Waals surface area contributed by atoms with Crippen molar-refractivity contribution in [2.75, 3.05) is 39.6 Å². The first-order valence-corrected chi connectivity index (χ1v) is 40.9. The number of aliphatic hydroxyl groups excluding tert-OH is 1. The van der Waals surface area contributed by atoms with Gasteiger partial charge in [0.2, 0.25) is 0 Å². The van der Waals surface area contributed by atoms with Gasteiger partial charge in [-0.05, 0) is 57.3 Å². The van der Waals surface area contributed by atoms with Crippen molar-refractivity contribution in [3.63, 3.8) is 0 Å². The maximum Gasteiger partial charge on any atom is 0.472 e. The molecule has 0 amide bonds. The van der Waals surface area contributed by atoms with Crippen molar-refractivity contribution in [2.45, 2.75) is 380 Å². The molecular formula is C74H140O17P2. The fourth-order valence-corrected chi connectivity index (χ4v) is 12.4. The number of esters is 4. The average molecular weight is 1360 g/mol. The molecule has 0 fully saturated rings. The van der Waals surface area contributed by atoms with Crippen LogP contribution in [-0.4, -0.2) is 96.7 Å². The summed E-state index contributed by atoms with van der Waals surface area (Å²) in [5.74, 6) is -1.38. The lowest BCUT2D eigenvalue weighted by molar-refractivity contribution is -0.161. The summed E-state index contributed by atoms with van der Waals surface area (Å²) in [5.41, 5.74) is 0. The topological polar surface area (TPSA) is 237 Å². The summed E-state index contributed by atoms with van der Waals surface area (Å²) >= 11 is 0. The van der Waals surface area contributed by atoms with E-state index in [4.69, 9.17) is 37.0 Å². The van der Waals surface area contributed by atoms with E-state index in [1.54, 1.807) is 0 Å². The van der Waals surface area contributed by atoms with Crippen LogP contribution >= 0.6 is 15.6 Å². The van der Waals surface area contributed by atoms with E-state index in [9.17, 15) is 43.2 Å². The van der Waals surface area contributed by atoms with E-state index in [1.807, 2.05) is 0 Å². The maximum absolute atomic E-state index is 13.1. The molecular weight excluding hydrogens is 1220 g/mol. The van der Waals surface area contributed by atoms with Gasteiger partial charge in [-0.3, -0.25) is 37.3 Å². The fraction of sp³-hybridized carbons (Fsp3) is 0.892. The molecule has 0 spiro atoms. The van der Waals surface area contributed by atoms with E-state index in [2.05, 4.69) is 58.9 Å². The zero-order valence-corrected chi connectivity index (χ0v) is 61.7. The lowest BCUT2D eigenvalue weighted by atomic mass is 10.0. The predicted molar refractivity (Wildman–Crippen MR) is 377 cm³/mol. The first kappa shape index (κ1) is 90.5. The minimum absolute atomic E-state index is 0.0852. The summed E-state index contributed by atoms with van der Waals surface area (Å²) in [4.78, 5) is 72.7. The van der Waals surface area contributed by atoms with Crippen molar-refractivity contribution in [3.05, 3.63) is 24.3 Å². The lowest BCUT2D eigenvalue weighted by Crippen LogP contribution is -2.30. The molecule has 0 heterocycles. The van der Waals surface area contributed by atoms with Crippen molar-refractivity contribution in [2.24, 2.45) is 5.92 Å². The number of hydrogen-bond donors (Lipinski definition) is 3. The highest BCUT2D eigenvalue weighted by Gasteiger charge is 2.30. The van der Waals surface area contributed by atoms with Gasteiger partial charge in [0, 0.05) is 25.7 Å². The predicted octanol–water partition coefficient (Wildman–Crippen LogP) is 21.2. The Morgan fingerprint density at radius 1 is 0.333 bits per heavy atom. The summed E-state index contributed by atoms with van der Waals surface area (Å²) in [6.07, 6.45) is 57.5. The third-order valence-corrected chi connectivity index (χ3v) is 18.6. The molecule has 0 radical (unpaired) electrons. The monoisotopic (exact) mass is 1360 g/mol. The van der Waals surface area contributed by atoms with Crippen molar-refractivity contribution >= 4 is 39.5 Å². The third-order valence-electron chi connectivity index (χ3n) is 16.7. The second-order valence-corrected chi connectivity index (χ2v) is 29.4. The molecule has 548 valence electrons. The molecule has 3 N–H and O–H groups in total. The Bertz CT molecular complexity index is 1880. The normalized spacial score (nSPS) is 14.2. The number of unbranched alkanes of at least 4 members (excludes halogenated alkanes) is 41. The summed E-state index contributed by atoms with van der Waals surface area (Å²) in [6, 6.07) is 0. The number of aliphatic hydroxyl groups is 1. The van der Waals surface area contributed by atoms with Gasteiger partial charge < -0.3 is 33.8 Å². The average Bonchev–Trinajstić information content (AvgIpc) is 2.43. The second-order valence-electron chi connectivity index (χ2n) is 26.5. The van der Waals surface area contributed by atoms with Gasteiger partial charge in [-0.15, -0.1) is 0 Å². The number of carbonyl (C=O) groups is 4. The van der Waals surface area contributed by atoms with Crippen LogP contribution in [-0.2, 0) is 65.4 Å². The van der Waals surface area contributed by atoms with Crippen LogP contribution in [0.4, 0.5) is 0 Å². The van der Waals surface area contributed by atoms with Gasteiger partial charge >= 0.3 is 39.5 Å². The summed E-state index contributed by atoms with van der Waals surface area (Å²) in [5, 5.41) is 10.6. The smallest absolute Gasteiger partial charge is 0.462 e. The van der Waals surface area contributed by atoms with Gasteiger partial charge in [-0.1, -0.05) is 309 Å².